The number of carboxylic acid groups (broad SMARTS) is 1. The van der Waals surface area contributed by atoms with Crippen molar-refractivity contribution in [3.63, 3.8) is 0 Å². The molecule has 1 unspecified atom stereocenters. The lowest BCUT2D eigenvalue weighted by molar-refractivity contribution is -0.153. The van der Waals surface area contributed by atoms with Crippen molar-refractivity contribution >= 4 is 5.97 Å². The van der Waals surface area contributed by atoms with Crippen molar-refractivity contribution in [2.75, 3.05) is 0 Å². The van der Waals surface area contributed by atoms with Crippen molar-refractivity contribution in [3.05, 3.63) is 29.3 Å². The monoisotopic (exact) mass is 198 g/mol. The summed E-state index contributed by atoms with van der Waals surface area (Å²) in [6.45, 7) is 3.47. The number of aryl methyl sites for hydroxylation is 2. The number of halogens is 1. The van der Waals surface area contributed by atoms with Crippen molar-refractivity contribution < 1.29 is 19.0 Å². The molecule has 1 atom stereocenters. The number of hydrogen-bond donors (Lipinski definition) is 1. The predicted molar refractivity (Wildman–Crippen MR) is 49.1 cm³/mol. The normalized spacial score (nSPS) is 12.2. The Bertz CT molecular complexity index is 329. The zero-order chi connectivity index (χ0) is 10.7. The summed E-state index contributed by atoms with van der Waals surface area (Å²) in [6.07, 6.45) is -2.31. The van der Waals surface area contributed by atoms with Gasteiger partial charge in [-0.05, 0) is 25.0 Å². The third-order valence-electron chi connectivity index (χ3n) is 1.82. The number of rotatable bonds is 3. The minimum absolute atomic E-state index is 0.294. The molecule has 76 valence electrons. The maximum absolute atomic E-state index is 12.7. The average Bonchev–Trinajstić information content (AvgIpc) is 2.11. The SMILES string of the molecule is Cc1cccc(C)c1OC(F)C(=O)O. The smallest absolute Gasteiger partial charge is 0.378 e. The van der Waals surface area contributed by atoms with Crippen LogP contribution in [-0.2, 0) is 4.79 Å². The number of carboxylic acids is 1. The molecule has 0 bridgehead atoms. The van der Waals surface area contributed by atoms with Crippen LogP contribution in [0, 0.1) is 13.8 Å². The van der Waals surface area contributed by atoms with Gasteiger partial charge in [-0.1, -0.05) is 18.2 Å². The van der Waals surface area contributed by atoms with Crippen molar-refractivity contribution in [1.82, 2.24) is 0 Å². The van der Waals surface area contributed by atoms with Gasteiger partial charge in [0.15, 0.2) is 0 Å². The molecule has 1 aromatic rings. The van der Waals surface area contributed by atoms with Crippen LogP contribution in [0.3, 0.4) is 0 Å². The van der Waals surface area contributed by atoms with Crippen LogP contribution in [0.25, 0.3) is 0 Å². The molecule has 0 aliphatic carbocycles. The number of aliphatic carboxylic acids is 1. The Labute approximate surface area is 81.1 Å². The molecule has 0 fully saturated rings. The highest BCUT2D eigenvalue weighted by molar-refractivity contribution is 5.71. The van der Waals surface area contributed by atoms with Crippen molar-refractivity contribution in [2.45, 2.75) is 20.2 Å². The summed E-state index contributed by atoms with van der Waals surface area (Å²) in [4.78, 5) is 10.2. The van der Waals surface area contributed by atoms with Gasteiger partial charge in [-0.3, -0.25) is 0 Å². The second kappa shape index (κ2) is 4.09. The molecule has 0 aliphatic heterocycles. The van der Waals surface area contributed by atoms with Gasteiger partial charge in [0, 0.05) is 0 Å². The number of benzene rings is 1. The van der Waals surface area contributed by atoms with Gasteiger partial charge in [-0.25, -0.2) is 4.79 Å². The highest BCUT2D eigenvalue weighted by Gasteiger charge is 2.18. The summed E-state index contributed by atoms with van der Waals surface area (Å²) in [5.74, 6) is -1.32. The lowest BCUT2D eigenvalue weighted by Gasteiger charge is -2.12. The molecule has 0 amide bonds. The second-order valence-corrected chi connectivity index (χ2v) is 2.99. The lowest BCUT2D eigenvalue weighted by atomic mass is 10.1. The van der Waals surface area contributed by atoms with Crippen LogP contribution >= 0.6 is 0 Å². The van der Waals surface area contributed by atoms with Crippen LogP contribution in [0.15, 0.2) is 18.2 Å². The van der Waals surface area contributed by atoms with Crippen molar-refractivity contribution in [1.29, 1.82) is 0 Å². The van der Waals surface area contributed by atoms with Gasteiger partial charge >= 0.3 is 12.3 Å². The molecule has 0 heterocycles. The lowest BCUT2D eigenvalue weighted by Crippen LogP contribution is -2.22. The molecule has 1 rings (SSSR count). The topological polar surface area (TPSA) is 46.5 Å². The third-order valence-corrected chi connectivity index (χ3v) is 1.82. The Kier molecular flexibility index (Phi) is 3.06. The van der Waals surface area contributed by atoms with E-state index in [0.717, 1.165) is 0 Å². The van der Waals surface area contributed by atoms with E-state index in [-0.39, 0.29) is 0 Å². The quantitative estimate of drug-likeness (QED) is 0.808. The van der Waals surface area contributed by atoms with Gasteiger partial charge in [0.2, 0.25) is 0 Å². The molecule has 0 aromatic heterocycles. The van der Waals surface area contributed by atoms with Crippen LogP contribution in [-0.4, -0.2) is 17.4 Å². The summed E-state index contributed by atoms with van der Waals surface area (Å²) >= 11 is 0. The first kappa shape index (κ1) is 10.5. The Balaban J connectivity index is 2.91. The molecular weight excluding hydrogens is 187 g/mol. The first-order chi connectivity index (χ1) is 6.52. The highest BCUT2D eigenvalue weighted by atomic mass is 19.1. The predicted octanol–water partition coefficient (Wildman–Crippen LogP) is 2.06. The molecule has 1 aromatic carbocycles. The summed E-state index contributed by atoms with van der Waals surface area (Å²) in [6, 6.07) is 5.26. The van der Waals surface area contributed by atoms with Crippen LogP contribution in [0.4, 0.5) is 4.39 Å². The molecule has 0 spiro atoms. The van der Waals surface area contributed by atoms with E-state index in [1.807, 2.05) is 0 Å². The molecule has 0 saturated carbocycles. The maximum Gasteiger partial charge on any atom is 0.378 e. The molecule has 4 heteroatoms. The van der Waals surface area contributed by atoms with Gasteiger partial charge in [0.1, 0.15) is 5.75 Å². The third kappa shape index (κ3) is 2.22. The maximum atomic E-state index is 12.7. The van der Waals surface area contributed by atoms with Crippen LogP contribution in [0.2, 0.25) is 0 Å². The van der Waals surface area contributed by atoms with E-state index in [1.54, 1.807) is 32.0 Å². The van der Waals surface area contributed by atoms with Gasteiger partial charge in [-0.2, -0.15) is 4.39 Å². The molecule has 0 saturated heterocycles. The standard InChI is InChI=1S/C10H11FO3/c1-6-4-3-5-7(2)8(6)14-9(11)10(12)13/h3-5,9H,1-2H3,(H,12,13). The number of alkyl halides is 1. The fourth-order valence-electron chi connectivity index (χ4n) is 1.14. The van der Waals surface area contributed by atoms with Gasteiger partial charge in [-0.15, -0.1) is 0 Å². The number of para-hydroxylation sites is 1. The van der Waals surface area contributed by atoms with Crippen LogP contribution in [0.1, 0.15) is 11.1 Å². The summed E-state index contributed by atoms with van der Waals surface area (Å²) < 4.78 is 17.4. The number of carbonyl (C=O) groups is 1. The van der Waals surface area contributed by atoms with Gasteiger partial charge < -0.3 is 9.84 Å². The largest absolute Gasteiger partial charge is 0.476 e. The fourth-order valence-corrected chi connectivity index (χ4v) is 1.14. The molecular formula is C10H11FO3. The zero-order valence-corrected chi connectivity index (χ0v) is 7.95. The second-order valence-electron chi connectivity index (χ2n) is 2.99. The Morgan fingerprint density at radius 3 is 2.36 bits per heavy atom. The first-order valence-electron chi connectivity index (χ1n) is 4.12. The Morgan fingerprint density at radius 2 is 1.93 bits per heavy atom. The molecule has 3 nitrogen and oxygen atoms in total. The first-order valence-corrected chi connectivity index (χ1v) is 4.12. The van der Waals surface area contributed by atoms with Crippen LogP contribution in [0.5, 0.6) is 5.75 Å². The minimum atomic E-state index is -2.31. The molecule has 0 radical (unpaired) electrons. The summed E-state index contributed by atoms with van der Waals surface area (Å²) in [5, 5.41) is 8.33. The highest BCUT2D eigenvalue weighted by Crippen LogP contribution is 2.23. The van der Waals surface area contributed by atoms with Gasteiger partial charge in [0.25, 0.3) is 0 Å². The minimum Gasteiger partial charge on any atom is -0.476 e. The zero-order valence-electron chi connectivity index (χ0n) is 7.95. The van der Waals surface area contributed by atoms with Gasteiger partial charge in [0.05, 0.1) is 0 Å². The van der Waals surface area contributed by atoms with E-state index in [2.05, 4.69) is 4.74 Å². The van der Waals surface area contributed by atoms with E-state index in [1.165, 1.54) is 0 Å². The molecule has 14 heavy (non-hydrogen) atoms. The van der Waals surface area contributed by atoms with E-state index < -0.39 is 12.3 Å². The average molecular weight is 198 g/mol. The molecule has 1 N–H and O–H groups in total. The number of ether oxygens (including phenoxy) is 1. The van der Waals surface area contributed by atoms with Crippen LogP contribution < -0.4 is 4.74 Å². The van der Waals surface area contributed by atoms with E-state index in [0.29, 0.717) is 16.9 Å². The van der Waals surface area contributed by atoms with Crippen molar-refractivity contribution in [3.8, 4) is 5.75 Å². The van der Waals surface area contributed by atoms with Crippen molar-refractivity contribution in [2.24, 2.45) is 0 Å². The van der Waals surface area contributed by atoms with E-state index in [4.69, 9.17) is 5.11 Å². The Hall–Kier alpha value is -1.58. The summed E-state index contributed by atoms with van der Waals surface area (Å²) in [5.41, 5.74) is 1.43. The Morgan fingerprint density at radius 1 is 1.43 bits per heavy atom. The fraction of sp³-hybridized carbons (Fsp3) is 0.300. The van der Waals surface area contributed by atoms with E-state index in [9.17, 15) is 9.18 Å². The number of hydrogen-bond acceptors (Lipinski definition) is 2. The molecule has 0 aliphatic rings. The summed E-state index contributed by atoms with van der Waals surface area (Å²) in [7, 11) is 0. The van der Waals surface area contributed by atoms with E-state index >= 15 is 0 Å².